The Bertz CT molecular complexity index is 2010. The molecule has 4 aromatic heterocycles. The standard InChI is InChI=1S/C29H25N2O.C11H8N.Ir/c1-17-11-12-30-27(13-17)23-8-6-7-22(14-23)24-15-25-21(5)29(26-10-9-18(2)16-31-26)32-28(25)20(4)19(24)3;1-2-6-10(7-3-1)11-8-4-5-9-12-11;/h6-7,9-16H,1-5H3;1-6,8-9H;/q2*-1;. The molecule has 0 spiro atoms. The van der Waals surface area contributed by atoms with Crippen molar-refractivity contribution in [2.45, 2.75) is 34.6 Å². The van der Waals surface area contributed by atoms with Gasteiger partial charge in [0.05, 0.1) is 0 Å². The average molecular weight is 764 g/mol. The first-order valence-electron chi connectivity index (χ1n) is 14.7. The van der Waals surface area contributed by atoms with Gasteiger partial charge in [-0.15, -0.1) is 71.3 Å². The molecule has 7 rings (SSSR count). The zero-order chi connectivity index (χ0) is 30.6. The number of hydrogen-bond acceptors (Lipinski definition) is 4. The van der Waals surface area contributed by atoms with E-state index in [4.69, 9.17) is 4.42 Å². The third-order valence-electron chi connectivity index (χ3n) is 7.89. The molecule has 0 N–H and O–H groups in total. The van der Waals surface area contributed by atoms with Crippen molar-refractivity contribution in [3.05, 3.63) is 150 Å². The van der Waals surface area contributed by atoms with Gasteiger partial charge < -0.3 is 14.4 Å². The molecule has 3 aromatic carbocycles. The molecule has 1 radical (unpaired) electrons. The predicted molar refractivity (Wildman–Crippen MR) is 179 cm³/mol. The Morgan fingerprint density at radius 2 is 1.38 bits per heavy atom. The van der Waals surface area contributed by atoms with E-state index >= 15 is 0 Å². The summed E-state index contributed by atoms with van der Waals surface area (Å²) >= 11 is 0. The van der Waals surface area contributed by atoms with Gasteiger partial charge in [-0.05, 0) is 92.5 Å². The minimum atomic E-state index is 0. The molecular weight excluding hydrogens is 731 g/mol. The third kappa shape index (κ3) is 6.86. The second-order valence-electron chi connectivity index (χ2n) is 11.0. The number of nitrogens with zero attached hydrogens (tertiary/aromatic N) is 3. The Labute approximate surface area is 278 Å². The minimum absolute atomic E-state index is 0. The number of pyridine rings is 3. The molecule has 0 amide bonds. The second-order valence-corrected chi connectivity index (χ2v) is 11.0. The molecule has 0 fully saturated rings. The smallest absolute Gasteiger partial charge is 0.156 e. The van der Waals surface area contributed by atoms with E-state index in [1.165, 1.54) is 16.7 Å². The maximum absolute atomic E-state index is 6.35. The van der Waals surface area contributed by atoms with Crippen molar-refractivity contribution in [3.63, 3.8) is 0 Å². The van der Waals surface area contributed by atoms with Crippen molar-refractivity contribution in [3.8, 4) is 45.1 Å². The maximum Gasteiger partial charge on any atom is 0.156 e. The van der Waals surface area contributed by atoms with Gasteiger partial charge in [-0.3, -0.25) is 4.98 Å². The number of fused-ring (bicyclic) bond motifs is 1. The van der Waals surface area contributed by atoms with E-state index in [2.05, 4.69) is 85.1 Å². The summed E-state index contributed by atoms with van der Waals surface area (Å²) < 4.78 is 6.35. The average Bonchev–Trinajstić information content (AvgIpc) is 3.40. The van der Waals surface area contributed by atoms with Crippen LogP contribution in [-0.4, -0.2) is 15.0 Å². The normalized spacial score (nSPS) is 10.6. The number of benzene rings is 3. The zero-order valence-electron chi connectivity index (χ0n) is 26.0. The van der Waals surface area contributed by atoms with E-state index in [0.29, 0.717) is 0 Å². The van der Waals surface area contributed by atoms with Crippen LogP contribution in [-0.2, 0) is 20.1 Å². The fourth-order valence-electron chi connectivity index (χ4n) is 5.29. The predicted octanol–water partition coefficient (Wildman–Crippen LogP) is 10.1. The summed E-state index contributed by atoms with van der Waals surface area (Å²) in [5, 5.41) is 1.13. The fraction of sp³-hybridized carbons (Fsp3) is 0.125. The van der Waals surface area contributed by atoms with Crippen molar-refractivity contribution in [1.29, 1.82) is 0 Å². The zero-order valence-corrected chi connectivity index (χ0v) is 28.4. The van der Waals surface area contributed by atoms with E-state index in [1.807, 2.05) is 80.0 Å². The molecule has 45 heavy (non-hydrogen) atoms. The van der Waals surface area contributed by atoms with Gasteiger partial charge in [-0.2, -0.15) is 0 Å². The first kappa shape index (κ1) is 31.7. The monoisotopic (exact) mass is 764 g/mol. The van der Waals surface area contributed by atoms with Gasteiger partial charge in [0, 0.05) is 49.6 Å². The molecule has 0 aliphatic heterocycles. The van der Waals surface area contributed by atoms with Gasteiger partial charge in [0.2, 0.25) is 0 Å². The quantitative estimate of drug-likeness (QED) is 0.168. The Morgan fingerprint density at radius 1 is 0.578 bits per heavy atom. The van der Waals surface area contributed by atoms with Crippen LogP contribution in [0.25, 0.3) is 56.1 Å². The van der Waals surface area contributed by atoms with Crippen LogP contribution in [0.15, 0.2) is 114 Å². The Hall–Kier alpha value is -4.70. The van der Waals surface area contributed by atoms with Gasteiger partial charge in [0.1, 0.15) is 11.3 Å². The summed E-state index contributed by atoms with van der Waals surface area (Å²) in [7, 11) is 0. The molecule has 0 bridgehead atoms. The van der Waals surface area contributed by atoms with Crippen LogP contribution in [0.2, 0.25) is 0 Å². The van der Waals surface area contributed by atoms with Gasteiger partial charge in [0.15, 0.2) is 5.76 Å². The van der Waals surface area contributed by atoms with Crippen LogP contribution in [0.1, 0.15) is 27.8 Å². The molecule has 0 saturated heterocycles. The van der Waals surface area contributed by atoms with Gasteiger partial charge in [-0.25, -0.2) is 0 Å². The molecule has 4 heterocycles. The molecule has 0 unspecified atom stereocenters. The molecule has 225 valence electrons. The molecule has 0 aliphatic carbocycles. The van der Waals surface area contributed by atoms with Crippen LogP contribution >= 0.6 is 0 Å². The molecule has 0 aliphatic rings. The van der Waals surface area contributed by atoms with Crippen molar-refractivity contribution in [1.82, 2.24) is 15.0 Å². The van der Waals surface area contributed by atoms with Gasteiger partial charge >= 0.3 is 0 Å². The van der Waals surface area contributed by atoms with Crippen LogP contribution < -0.4 is 0 Å². The van der Waals surface area contributed by atoms with Gasteiger partial charge in [-0.1, -0.05) is 29.8 Å². The number of aryl methyl sites for hydroxylation is 4. The first-order valence-corrected chi connectivity index (χ1v) is 14.7. The number of rotatable bonds is 4. The van der Waals surface area contributed by atoms with E-state index in [-0.39, 0.29) is 20.1 Å². The Morgan fingerprint density at radius 3 is 2.09 bits per heavy atom. The minimum Gasteiger partial charge on any atom is -0.454 e. The fourth-order valence-corrected chi connectivity index (χ4v) is 5.29. The summed E-state index contributed by atoms with van der Waals surface area (Å²) in [6.07, 6.45) is 5.52. The maximum atomic E-state index is 6.35. The van der Waals surface area contributed by atoms with E-state index < -0.39 is 0 Å². The largest absolute Gasteiger partial charge is 0.454 e. The summed E-state index contributed by atoms with van der Waals surface area (Å²) in [5.74, 6) is 0.839. The number of hydrogen-bond donors (Lipinski definition) is 0. The summed E-state index contributed by atoms with van der Waals surface area (Å²) in [4.78, 5) is 13.3. The molecule has 7 aromatic rings. The third-order valence-corrected chi connectivity index (χ3v) is 7.89. The molecule has 5 heteroatoms. The van der Waals surface area contributed by atoms with E-state index in [1.54, 1.807) is 6.20 Å². The van der Waals surface area contributed by atoms with Crippen LogP contribution in [0.4, 0.5) is 0 Å². The SMILES string of the molecule is Cc1ccc(-c2oc3c(C)c(C)c(-c4cc[c-]c(-c5cc(C)ccn5)c4)cc3c2C)nc1.[Ir].[c-]1ccccc1-c1ccccn1. The summed E-state index contributed by atoms with van der Waals surface area (Å²) in [5.41, 5.74) is 13.9. The van der Waals surface area contributed by atoms with E-state index in [0.717, 1.165) is 67.2 Å². The molecule has 0 atom stereocenters. The Kier molecular flexibility index (Phi) is 9.83. The topological polar surface area (TPSA) is 51.8 Å². The van der Waals surface area contributed by atoms with Crippen molar-refractivity contribution >= 4 is 11.0 Å². The van der Waals surface area contributed by atoms with Crippen molar-refractivity contribution < 1.29 is 24.5 Å². The van der Waals surface area contributed by atoms with Crippen LogP contribution in [0.5, 0.6) is 0 Å². The Balaban J connectivity index is 0.000000258. The number of aromatic nitrogens is 3. The van der Waals surface area contributed by atoms with Crippen molar-refractivity contribution in [2.24, 2.45) is 0 Å². The van der Waals surface area contributed by atoms with E-state index in [9.17, 15) is 0 Å². The summed E-state index contributed by atoms with van der Waals surface area (Å²) in [6.45, 7) is 10.5. The molecule has 0 saturated carbocycles. The first-order chi connectivity index (χ1) is 21.4. The van der Waals surface area contributed by atoms with Crippen molar-refractivity contribution in [2.75, 3.05) is 0 Å². The molecular formula is C40H33IrN3O-2. The van der Waals surface area contributed by atoms with Gasteiger partial charge in [0.25, 0.3) is 0 Å². The summed E-state index contributed by atoms with van der Waals surface area (Å²) in [6, 6.07) is 36.9. The van der Waals surface area contributed by atoms with Crippen LogP contribution in [0, 0.1) is 46.8 Å². The number of furan rings is 1. The van der Waals surface area contributed by atoms with Crippen LogP contribution in [0.3, 0.4) is 0 Å². The second kappa shape index (κ2) is 13.9. The molecule has 4 nitrogen and oxygen atoms in total.